The van der Waals surface area contributed by atoms with Gasteiger partial charge in [0.05, 0.1) is 38.0 Å². The maximum atomic E-state index is 15.1. The fraction of sp³-hybridized carbons (Fsp3) is 0.393. The molecule has 2 aliphatic carbocycles. The number of aliphatic hydroxyl groups excluding tert-OH is 2. The van der Waals surface area contributed by atoms with E-state index in [2.05, 4.69) is 30.9 Å². The summed E-state index contributed by atoms with van der Waals surface area (Å²) in [4.78, 5) is 22.5. The van der Waals surface area contributed by atoms with Crippen LogP contribution in [0, 0.1) is 23.6 Å². The predicted molar refractivity (Wildman–Crippen MR) is 260 cm³/mol. The number of oxime groups is 1. The molecule has 8 rings (SSSR count). The molecule has 2 N–H and O–H groups in total. The largest absolute Gasteiger partial charge is 0.489 e. The van der Waals surface area contributed by atoms with Gasteiger partial charge in [-0.2, -0.15) is 0 Å². The summed E-state index contributed by atoms with van der Waals surface area (Å²) in [5, 5.41) is 26.7. The number of allylic oxidation sites excluding steroid dienone is 1. The van der Waals surface area contributed by atoms with E-state index in [1.807, 2.05) is 72.8 Å². The third kappa shape index (κ3) is 10.8. The van der Waals surface area contributed by atoms with Crippen LogP contribution in [0.2, 0.25) is 0 Å². The van der Waals surface area contributed by atoms with Crippen LogP contribution in [0.25, 0.3) is 10.8 Å². The minimum absolute atomic E-state index is 0.00294. The summed E-state index contributed by atoms with van der Waals surface area (Å²) in [6.45, 7) is 5.04. The van der Waals surface area contributed by atoms with Crippen molar-refractivity contribution in [3.8, 4) is 11.5 Å². The zero-order valence-electron chi connectivity index (χ0n) is 38.8. The molecule has 3 aliphatic rings. The number of rotatable bonds is 23. The van der Waals surface area contributed by atoms with Crippen molar-refractivity contribution in [1.29, 1.82) is 0 Å². The number of fused-ring (bicyclic) bond motifs is 3. The zero-order chi connectivity index (χ0) is 47.3. The number of carbonyl (C=O) groups excluding carboxylic acids is 1. The number of unbranched alkanes of at least 4 members (excludes halogenated alkanes) is 2. The van der Waals surface area contributed by atoms with Crippen molar-refractivity contribution in [1.82, 2.24) is 4.90 Å². The van der Waals surface area contributed by atoms with Gasteiger partial charge in [0.1, 0.15) is 43.7 Å². The van der Waals surface area contributed by atoms with Crippen LogP contribution >= 0.6 is 0 Å². The van der Waals surface area contributed by atoms with E-state index >= 15 is 4.79 Å². The van der Waals surface area contributed by atoms with E-state index in [4.69, 9.17) is 33.7 Å². The summed E-state index contributed by atoms with van der Waals surface area (Å²) in [5.74, 6) is -1.55. The molecule has 68 heavy (non-hydrogen) atoms. The fourth-order valence-electron chi connectivity index (χ4n) is 10.6. The Labute approximate surface area is 398 Å². The van der Waals surface area contributed by atoms with Crippen LogP contribution in [0.15, 0.2) is 145 Å². The second kappa shape index (κ2) is 23.3. The molecule has 358 valence electrons. The van der Waals surface area contributed by atoms with Gasteiger partial charge < -0.3 is 38.7 Å². The van der Waals surface area contributed by atoms with Gasteiger partial charge in [-0.1, -0.05) is 121 Å². The molecule has 5 aromatic carbocycles. The van der Waals surface area contributed by atoms with Crippen molar-refractivity contribution in [2.75, 3.05) is 40.1 Å². The van der Waals surface area contributed by atoms with Crippen molar-refractivity contribution < 1.29 is 47.9 Å². The quantitative estimate of drug-likeness (QED) is 0.0374. The van der Waals surface area contributed by atoms with E-state index in [-0.39, 0.29) is 76.2 Å². The van der Waals surface area contributed by atoms with Gasteiger partial charge >= 0.3 is 6.09 Å². The molecule has 1 heterocycles. The average molecular weight is 927 g/mol. The molecule has 0 spiro atoms. The fourth-order valence-corrected chi connectivity index (χ4v) is 10.6. The minimum atomic E-state index is -1.52. The van der Waals surface area contributed by atoms with Gasteiger partial charge in [-0.3, -0.25) is 4.90 Å². The van der Waals surface area contributed by atoms with Gasteiger partial charge in [-0.05, 0) is 89.3 Å². The third-order valence-electron chi connectivity index (χ3n) is 13.6. The van der Waals surface area contributed by atoms with Crippen LogP contribution in [-0.4, -0.2) is 78.9 Å². The van der Waals surface area contributed by atoms with Crippen LogP contribution in [0.4, 0.5) is 9.18 Å². The maximum Gasteiger partial charge on any atom is 0.410 e. The highest BCUT2D eigenvalue weighted by Gasteiger charge is 2.65. The summed E-state index contributed by atoms with van der Waals surface area (Å²) >= 11 is 0. The summed E-state index contributed by atoms with van der Waals surface area (Å²) in [7, 11) is 1.53. The molecule has 0 bridgehead atoms. The van der Waals surface area contributed by atoms with Crippen LogP contribution in [0.1, 0.15) is 73.1 Å². The molecule has 12 heteroatoms. The Balaban J connectivity index is 1.26. The second-order valence-electron chi connectivity index (χ2n) is 17.8. The van der Waals surface area contributed by atoms with Gasteiger partial charge in [0, 0.05) is 36.7 Å². The van der Waals surface area contributed by atoms with Gasteiger partial charge in [-0.25, -0.2) is 9.18 Å². The number of nitrogens with zero attached hydrogens (tertiary/aromatic N) is 2. The third-order valence-corrected chi connectivity index (χ3v) is 13.6. The van der Waals surface area contributed by atoms with Crippen molar-refractivity contribution in [2.45, 2.75) is 82.5 Å². The molecule has 1 saturated carbocycles. The Kier molecular flexibility index (Phi) is 16.6. The van der Waals surface area contributed by atoms with Crippen LogP contribution in [0.3, 0.4) is 0 Å². The number of hydrogen-bond donors (Lipinski definition) is 2. The molecule has 11 nitrogen and oxygen atoms in total. The van der Waals surface area contributed by atoms with Gasteiger partial charge in [0.2, 0.25) is 5.79 Å². The molecule has 1 fully saturated rings. The topological polar surface area (TPSA) is 129 Å². The first-order chi connectivity index (χ1) is 33.4. The number of aliphatic hydroxyl groups is 2. The summed E-state index contributed by atoms with van der Waals surface area (Å²) in [6.07, 6.45) is 8.01. The van der Waals surface area contributed by atoms with E-state index in [1.165, 1.54) is 13.2 Å². The minimum Gasteiger partial charge on any atom is -0.489 e. The summed E-state index contributed by atoms with van der Waals surface area (Å²) in [5.41, 5.74) is 4.81. The maximum absolute atomic E-state index is 15.1. The van der Waals surface area contributed by atoms with Crippen molar-refractivity contribution >= 4 is 22.6 Å². The lowest BCUT2D eigenvalue weighted by molar-refractivity contribution is -0.256. The lowest BCUT2D eigenvalue weighted by Crippen LogP contribution is -2.70. The SMILES string of the molecule is C=CCOC12Oc3ccc(OCc4ccccc4F)cc3C3C(CCCCO)C(CCCCO)C=C(C(=NOC)CC1N(Cc1cccc4ccccc14)C(=O)OCCOCc1ccccc1)C32. The molecule has 1 amide bonds. The second-order valence-corrected chi connectivity index (χ2v) is 17.8. The summed E-state index contributed by atoms with van der Waals surface area (Å²) in [6, 6.07) is 35.5. The van der Waals surface area contributed by atoms with Crippen molar-refractivity contribution in [2.24, 2.45) is 22.9 Å². The Morgan fingerprint density at radius 3 is 2.43 bits per heavy atom. The highest BCUT2D eigenvalue weighted by Crippen LogP contribution is 2.62. The molecule has 1 aliphatic heterocycles. The highest BCUT2D eigenvalue weighted by atomic mass is 19.1. The summed E-state index contributed by atoms with van der Waals surface area (Å²) < 4.78 is 47.9. The predicted octanol–water partition coefficient (Wildman–Crippen LogP) is 10.7. The lowest BCUT2D eigenvalue weighted by atomic mass is 9.55. The van der Waals surface area contributed by atoms with Crippen molar-refractivity contribution in [3.63, 3.8) is 0 Å². The molecule has 5 aromatic rings. The molecule has 0 radical (unpaired) electrons. The van der Waals surface area contributed by atoms with E-state index in [1.54, 1.807) is 29.2 Å². The Morgan fingerprint density at radius 2 is 1.63 bits per heavy atom. The molecule has 0 aromatic heterocycles. The zero-order valence-corrected chi connectivity index (χ0v) is 38.8. The van der Waals surface area contributed by atoms with Crippen molar-refractivity contribution in [3.05, 3.63) is 168 Å². The highest BCUT2D eigenvalue weighted by molar-refractivity contribution is 6.03. The lowest BCUT2D eigenvalue weighted by Gasteiger charge is -2.59. The van der Waals surface area contributed by atoms with Crippen LogP contribution < -0.4 is 9.47 Å². The average Bonchev–Trinajstić information content (AvgIpc) is 3.36. The van der Waals surface area contributed by atoms with E-state index < -0.39 is 23.8 Å². The van der Waals surface area contributed by atoms with Crippen LogP contribution in [-0.2, 0) is 38.8 Å². The number of carbonyl (C=O) groups is 1. The van der Waals surface area contributed by atoms with E-state index in [9.17, 15) is 14.6 Å². The van der Waals surface area contributed by atoms with Gasteiger partial charge in [0.25, 0.3) is 0 Å². The number of hydrogen-bond acceptors (Lipinski definition) is 10. The first-order valence-electron chi connectivity index (χ1n) is 23.9. The Morgan fingerprint density at radius 1 is 0.882 bits per heavy atom. The number of ether oxygens (including phenoxy) is 5. The molecule has 6 atom stereocenters. The number of amides is 1. The van der Waals surface area contributed by atoms with Gasteiger partial charge in [-0.15, -0.1) is 6.58 Å². The van der Waals surface area contributed by atoms with Gasteiger partial charge in [0.15, 0.2) is 0 Å². The normalized spacial score (nSPS) is 22.1. The number of benzene rings is 5. The Hall–Kier alpha value is -6.05. The smallest absolute Gasteiger partial charge is 0.410 e. The molecular formula is C56H63FN2O9. The molecule has 6 unspecified atom stereocenters. The van der Waals surface area contributed by atoms with E-state index in [0.29, 0.717) is 42.2 Å². The molecular weight excluding hydrogens is 864 g/mol. The van der Waals surface area contributed by atoms with Crippen LogP contribution in [0.5, 0.6) is 11.5 Å². The number of halogens is 1. The first-order valence-corrected chi connectivity index (χ1v) is 23.9. The monoisotopic (exact) mass is 926 g/mol. The first kappa shape index (κ1) is 48.4. The molecule has 0 saturated heterocycles. The Bertz CT molecular complexity index is 2530. The standard InChI is InChI=1S/C56H63FN2O9/c1-3-30-67-56-52(59(36-42-22-15-21-40-18-7-9-23-45(40)42)55(62)65-32-31-64-37-39-16-5-4-6-17-39)35-50(58-63-2)47-33-41(19-11-13-28-60)46(24-12-14-29-61)53(54(47)56)48-34-44(26-27-51(48)68-56)66-38-43-20-8-10-25-49(43)57/h3-10,15-18,20-23,25-27,33-34,41,46,52-54,60-61H,1,11-14,19,24,28-32,35-38H2,2H3. The van der Waals surface area contributed by atoms with E-state index in [0.717, 1.165) is 58.7 Å².